The lowest BCUT2D eigenvalue weighted by molar-refractivity contribution is 1.74. The van der Waals surface area contributed by atoms with E-state index in [9.17, 15) is 0 Å². The van der Waals surface area contributed by atoms with Crippen LogP contribution in [0.5, 0.6) is 0 Å². The molecule has 0 aliphatic heterocycles. The Morgan fingerprint density at radius 2 is 0.778 bits per heavy atom. The lowest BCUT2D eigenvalue weighted by Gasteiger charge is -2.25. The Hall–Kier alpha value is -2.26. The van der Waals surface area contributed by atoms with Gasteiger partial charge in [0.2, 0.25) is 0 Å². The monoisotopic (exact) mass is 384 g/mol. The van der Waals surface area contributed by atoms with Crippen molar-refractivity contribution >= 4 is 42.4 Å². The van der Waals surface area contributed by atoms with Gasteiger partial charge in [-0.25, -0.2) is 0 Å². The summed E-state index contributed by atoms with van der Waals surface area (Å²) in [5.74, 6) is 0. The molecular formula is C25H22P2. The summed E-state index contributed by atoms with van der Waals surface area (Å²) < 4.78 is 0. The molecule has 0 radical (unpaired) electrons. The van der Waals surface area contributed by atoms with Crippen molar-refractivity contribution in [3.05, 3.63) is 115 Å². The third-order valence-corrected chi connectivity index (χ3v) is 9.52. The number of hydrogen-bond acceptors (Lipinski definition) is 0. The molecule has 0 nitrogen and oxygen atoms in total. The lowest BCUT2D eigenvalue weighted by atomic mass is 10.3. The molecule has 4 aromatic rings. The molecular weight excluding hydrogens is 362 g/mol. The zero-order chi connectivity index (χ0) is 18.5. The van der Waals surface area contributed by atoms with Gasteiger partial charge in [0.1, 0.15) is 0 Å². The second kappa shape index (κ2) is 8.62. The van der Waals surface area contributed by atoms with Gasteiger partial charge in [-0.2, -0.15) is 0 Å². The van der Waals surface area contributed by atoms with Gasteiger partial charge in [-0.05, 0) is 49.0 Å². The van der Waals surface area contributed by atoms with E-state index >= 15 is 0 Å². The molecule has 27 heavy (non-hydrogen) atoms. The van der Waals surface area contributed by atoms with Gasteiger partial charge in [0.25, 0.3) is 0 Å². The van der Waals surface area contributed by atoms with Gasteiger partial charge in [-0.3, -0.25) is 0 Å². The van der Waals surface area contributed by atoms with Gasteiger partial charge in [-0.1, -0.05) is 115 Å². The smallest absolute Gasteiger partial charge is 0.00710 e. The Labute approximate surface area is 164 Å². The van der Waals surface area contributed by atoms with Crippen molar-refractivity contribution in [2.24, 2.45) is 0 Å². The first kappa shape index (κ1) is 18.1. The number of benzene rings is 4. The second-order valence-electron chi connectivity index (χ2n) is 6.39. The predicted molar refractivity (Wildman–Crippen MR) is 124 cm³/mol. The summed E-state index contributed by atoms with van der Waals surface area (Å²) in [6.07, 6.45) is 0. The van der Waals surface area contributed by atoms with Crippen LogP contribution in [0.4, 0.5) is 0 Å². The van der Waals surface area contributed by atoms with Crippen LogP contribution in [0.25, 0.3) is 0 Å². The number of rotatable bonds is 5. The van der Waals surface area contributed by atoms with E-state index in [4.69, 9.17) is 0 Å². The van der Waals surface area contributed by atoms with Crippen molar-refractivity contribution in [1.29, 1.82) is 0 Å². The molecule has 0 heterocycles. The van der Waals surface area contributed by atoms with Gasteiger partial charge in [0.05, 0.1) is 0 Å². The van der Waals surface area contributed by atoms with Gasteiger partial charge in [-0.15, -0.1) is 0 Å². The quantitative estimate of drug-likeness (QED) is 0.444. The molecule has 1 atom stereocenters. The first-order valence-electron chi connectivity index (χ1n) is 9.12. The highest BCUT2D eigenvalue weighted by molar-refractivity contribution is 7.83. The molecule has 0 N–H and O–H groups in total. The van der Waals surface area contributed by atoms with E-state index in [1.807, 2.05) is 0 Å². The van der Waals surface area contributed by atoms with Crippen molar-refractivity contribution in [1.82, 2.24) is 0 Å². The maximum atomic E-state index is 2.38. The predicted octanol–water partition coefficient (Wildman–Crippen LogP) is 4.51. The third kappa shape index (κ3) is 4.03. The van der Waals surface area contributed by atoms with Gasteiger partial charge < -0.3 is 0 Å². The Kier molecular flexibility index (Phi) is 5.78. The van der Waals surface area contributed by atoms with Crippen LogP contribution >= 0.6 is 15.8 Å². The molecule has 0 saturated heterocycles. The molecule has 2 heteroatoms. The van der Waals surface area contributed by atoms with E-state index in [1.165, 1.54) is 26.5 Å². The second-order valence-corrected chi connectivity index (χ2v) is 10.7. The fourth-order valence-corrected chi connectivity index (χ4v) is 8.02. The summed E-state index contributed by atoms with van der Waals surface area (Å²) in [6, 6.07) is 41.9. The topological polar surface area (TPSA) is 0 Å². The SMILES string of the molecule is CP(c1ccccc1)c1ccccc1P(c1ccccc1)c1ccccc1. The zero-order valence-corrected chi connectivity index (χ0v) is 17.2. The molecule has 132 valence electrons. The highest BCUT2D eigenvalue weighted by Crippen LogP contribution is 2.37. The van der Waals surface area contributed by atoms with Crippen LogP contribution in [-0.4, -0.2) is 6.66 Å². The summed E-state index contributed by atoms with van der Waals surface area (Å²) in [6.45, 7) is 2.38. The average molecular weight is 384 g/mol. The van der Waals surface area contributed by atoms with Crippen molar-refractivity contribution in [3.63, 3.8) is 0 Å². The molecule has 0 amide bonds. The summed E-state index contributed by atoms with van der Waals surface area (Å²) in [5.41, 5.74) is 0. The highest BCUT2D eigenvalue weighted by atomic mass is 31.1. The van der Waals surface area contributed by atoms with Crippen molar-refractivity contribution in [2.75, 3.05) is 6.66 Å². The van der Waals surface area contributed by atoms with E-state index in [0.717, 1.165) is 0 Å². The fraction of sp³-hybridized carbons (Fsp3) is 0.0400. The van der Waals surface area contributed by atoms with Crippen molar-refractivity contribution in [3.8, 4) is 0 Å². The molecule has 0 aromatic heterocycles. The minimum Gasteiger partial charge on any atom is -0.0622 e. The summed E-state index contributed by atoms with van der Waals surface area (Å²) in [4.78, 5) is 0. The first-order chi connectivity index (χ1) is 13.3. The Bertz CT molecular complexity index is 943. The zero-order valence-electron chi connectivity index (χ0n) is 15.4. The van der Waals surface area contributed by atoms with Gasteiger partial charge >= 0.3 is 0 Å². The molecule has 4 aromatic carbocycles. The molecule has 0 fully saturated rings. The summed E-state index contributed by atoms with van der Waals surface area (Å²) in [7, 11) is -0.962. The molecule has 4 rings (SSSR count). The van der Waals surface area contributed by atoms with Crippen LogP contribution in [-0.2, 0) is 0 Å². The van der Waals surface area contributed by atoms with Crippen LogP contribution in [0, 0.1) is 0 Å². The van der Waals surface area contributed by atoms with E-state index < -0.39 is 7.92 Å². The maximum absolute atomic E-state index is 2.38. The molecule has 1 unspecified atom stereocenters. The molecule has 0 saturated carbocycles. The minimum atomic E-state index is -0.573. The van der Waals surface area contributed by atoms with E-state index in [1.54, 1.807) is 0 Å². The highest BCUT2D eigenvalue weighted by Gasteiger charge is 2.21. The lowest BCUT2D eigenvalue weighted by Crippen LogP contribution is -2.31. The van der Waals surface area contributed by atoms with Crippen LogP contribution in [0.3, 0.4) is 0 Å². The molecule has 0 spiro atoms. The Morgan fingerprint density at radius 1 is 0.407 bits per heavy atom. The van der Waals surface area contributed by atoms with E-state index in [2.05, 4.69) is 122 Å². The Balaban J connectivity index is 1.87. The average Bonchev–Trinajstić information content (AvgIpc) is 2.76. The third-order valence-electron chi connectivity index (χ3n) is 4.66. The normalized spacial score (nSPS) is 12.1. The standard InChI is InChI=1S/C25H22P2/c1-26(21-13-5-2-6-14-21)24-19-11-12-20-25(24)27(22-15-7-3-8-16-22)23-17-9-4-10-18-23/h2-20H,1H3. The van der Waals surface area contributed by atoms with E-state index in [0.29, 0.717) is 0 Å². The van der Waals surface area contributed by atoms with Crippen LogP contribution in [0.1, 0.15) is 0 Å². The van der Waals surface area contributed by atoms with Crippen LogP contribution < -0.4 is 26.5 Å². The van der Waals surface area contributed by atoms with Crippen LogP contribution in [0.2, 0.25) is 0 Å². The molecule has 0 bridgehead atoms. The number of hydrogen-bond donors (Lipinski definition) is 0. The minimum absolute atomic E-state index is 0.389. The van der Waals surface area contributed by atoms with E-state index in [-0.39, 0.29) is 7.92 Å². The molecule has 0 aliphatic rings. The Morgan fingerprint density at radius 3 is 1.26 bits per heavy atom. The first-order valence-corrected chi connectivity index (χ1v) is 12.3. The fourth-order valence-electron chi connectivity index (χ4n) is 3.31. The van der Waals surface area contributed by atoms with Crippen LogP contribution in [0.15, 0.2) is 115 Å². The molecule has 0 aliphatic carbocycles. The summed E-state index contributed by atoms with van der Waals surface area (Å²) in [5, 5.41) is 7.20. The van der Waals surface area contributed by atoms with Gasteiger partial charge in [0.15, 0.2) is 0 Å². The summed E-state index contributed by atoms with van der Waals surface area (Å²) >= 11 is 0. The van der Waals surface area contributed by atoms with Gasteiger partial charge in [0, 0.05) is 0 Å². The maximum Gasteiger partial charge on any atom is -0.00710 e. The van der Waals surface area contributed by atoms with Crippen molar-refractivity contribution < 1.29 is 0 Å². The largest absolute Gasteiger partial charge is 0.0622 e. The van der Waals surface area contributed by atoms with Crippen molar-refractivity contribution in [2.45, 2.75) is 0 Å².